The maximum absolute atomic E-state index is 12.2. The standard InChI is InChI=1S/C20H19NO9/c1-27-12-5-7-14(16(22)9-12)20(26)30-10-17(23)21-15-8-11(18(24)28-2)4-6-13(15)19(25)29-3/h4-9,22H,10H2,1-3H3,(H,21,23). The van der Waals surface area contributed by atoms with Crippen LogP contribution in [0.1, 0.15) is 31.1 Å². The topological polar surface area (TPSA) is 137 Å². The third kappa shape index (κ3) is 5.25. The van der Waals surface area contributed by atoms with E-state index in [1.165, 1.54) is 50.6 Å². The van der Waals surface area contributed by atoms with E-state index in [-0.39, 0.29) is 28.1 Å². The number of benzene rings is 2. The van der Waals surface area contributed by atoms with Gasteiger partial charge in [0, 0.05) is 6.07 Å². The summed E-state index contributed by atoms with van der Waals surface area (Å²) in [7, 11) is 3.74. The minimum absolute atomic E-state index is 0.0161. The lowest BCUT2D eigenvalue weighted by Crippen LogP contribution is -2.22. The largest absolute Gasteiger partial charge is 0.507 e. The summed E-state index contributed by atoms with van der Waals surface area (Å²) in [5, 5.41) is 12.2. The van der Waals surface area contributed by atoms with Crippen LogP contribution < -0.4 is 10.1 Å². The van der Waals surface area contributed by atoms with Crippen molar-refractivity contribution < 1.29 is 43.2 Å². The maximum atomic E-state index is 12.2. The fraction of sp³-hybridized carbons (Fsp3) is 0.200. The number of phenols is 1. The first kappa shape index (κ1) is 22.2. The molecule has 158 valence electrons. The van der Waals surface area contributed by atoms with E-state index in [0.717, 1.165) is 7.11 Å². The lowest BCUT2D eigenvalue weighted by Gasteiger charge is -2.12. The normalized spacial score (nSPS) is 9.97. The highest BCUT2D eigenvalue weighted by atomic mass is 16.5. The quantitative estimate of drug-likeness (QED) is 0.510. The SMILES string of the molecule is COC(=O)c1ccc(C(=O)OC)c(NC(=O)COC(=O)c2ccc(OC)cc2O)c1. The Bertz CT molecular complexity index is 984. The smallest absolute Gasteiger partial charge is 0.342 e. The molecule has 2 aromatic rings. The number of hydrogen-bond acceptors (Lipinski definition) is 9. The van der Waals surface area contributed by atoms with Gasteiger partial charge >= 0.3 is 17.9 Å². The van der Waals surface area contributed by atoms with E-state index in [9.17, 15) is 24.3 Å². The molecule has 0 bridgehead atoms. The fourth-order valence-electron chi connectivity index (χ4n) is 2.39. The van der Waals surface area contributed by atoms with Gasteiger partial charge < -0.3 is 29.4 Å². The third-order valence-electron chi connectivity index (χ3n) is 3.88. The Morgan fingerprint density at radius 3 is 2.13 bits per heavy atom. The molecule has 0 fully saturated rings. The number of esters is 3. The lowest BCUT2D eigenvalue weighted by molar-refractivity contribution is -0.119. The van der Waals surface area contributed by atoms with Gasteiger partial charge in [-0.3, -0.25) is 4.79 Å². The summed E-state index contributed by atoms with van der Waals surface area (Å²) >= 11 is 0. The summed E-state index contributed by atoms with van der Waals surface area (Å²) in [6.07, 6.45) is 0. The van der Waals surface area contributed by atoms with Gasteiger partial charge in [-0.2, -0.15) is 0 Å². The molecule has 0 aliphatic carbocycles. The van der Waals surface area contributed by atoms with Crippen LogP contribution in [-0.4, -0.2) is 56.9 Å². The van der Waals surface area contributed by atoms with Crippen molar-refractivity contribution in [2.75, 3.05) is 33.3 Å². The fourth-order valence-corrected chi connectivity index (χ4v) is 2.39. The molecule has 30 heavy (non-hydrogen) atoms. The van der Waals surface area contributed by atoms with Crippen molar-refractivity contribution >= 4 is 29.5 Å². The second-order valence-electron chi connectivity index (χ2n) is 5.75. The maximum Gasteiger partial charge on any atom is 0.342 e. The second kappa shape index (κ2) is 9.92. The summed E-state index contributed by atoms with van der Waals surface area (Å²) in [6, 6.07) is 7.79. The number of methoxy groups -OCH3 is 3. The molecule has 0 radical (unpaired) electrons. The van der Waals surface area contributed by atoms with Crippen molar-refractivity contribution in [3.8, 4) is 11.5 Å². The molecule has 0 unspecified atom stereocenters. The van der Waals surface area contributed by atoms with Crippen LogP contribution in [0.4, 0.5) is 5.69 Å². The number of aromatic hydroxyl groups is 1. The van der Waals surface area contributed by atoms with E-state index in [2.05, 4.69) is 14.8 Å². The van der Waals surface area contributed by atoms with Crippen molar-refractivity contribution in [1.29, 1.82) is 0 Å². The second-order valence-corrected chi connectivity index (χ2v) is 5.75. The van der Waals surface area contributed by atoms with E-state index in [4.69, 9.17) is 9.47 Å². The van der Waals surface area contributed by atoms with Gasteiger partial charge in [0.1, 0.15) is 17.1 Å². The van der Waals surface area contributed by atoms with E-state index < -0.39 is 30.4 Å². The van der Waals surface area contributed by atoms with Crippen LogP contribution in [0.3, 0.4) is 0 Å². The van der Waals surface area contributed by atoms with Crippen molar-refractivity contribution in [2.45, 2.75) is 0 Å². The molecule has 0 atom stereocenters. The van der Waals surface area contributed by atoms with Crippen LogP contribution in [-0.2, 0) is 19.0 Å². The molecule has 2 N–H and O–H groups in total. The van der Waals surface area contributed by atoms with Gasteiger partial charge in [0.05, 0.1) is 38.1 Å². The number of amides is 1. The van der Waals surface area contributed by atoms with Crippen LogP contribution >= 0.6 is 0 Å². The molecule has 2 aromatic carbocycles. The van der Waals surface area contributed by atoms with Gasteiger partial charge in [0.15, 0.2) is 6.61 Å². The van der Waals surface area contributed by atoms with Crippen molar-refractivity contribution in [3.05, 3.63) is 53.1 Å². The first-order valence-corrected chi connectivity index (χ1v) is 8.45. The Hall–Kier alpha value is -4.08. The van der Waals surface area contributed by atoms with Crippen LogP contribution in [0.15, 0.2) is 36.4 Å². The summed E-state index contributed by atoms with van der Waals surface area (Å²) in [5.41, 5.74) is -0.122. The number of nitrogens with one attached hydrogen (secondary N) is 1. The predicted molar refractivity (Wildman–Crippen MR) is 103 cm³/mol. The van der Waals surface area contributed by atoms with Crippen molar-refractivity contribution in [1.82, 2.24) is 0 Å². The number of rotatable bonds is 7. The highest BCUT2D eigenvalue weighted by Gasteiger charge is 2.19. The summed E-state index contributed by atoms with van der Waals surface area (Å²) < 4.78 is 19.1. The van der Waals surface area contributed by atoms with Gasteiger partial charge in [-0.1, -0.05) is 0 Å². The van der Waals surface area contributed by atoms with E-state index in [1.54, 1.807) is 0 Å². The Morgan fingerprint density at radius 1 is 0.867 bits per heavy atom. The average Bonchev–Trinajstić information content (AvgIpc) is 2.76. The molecule has 0 aromatic heterocycles. The molecule has 0 aliphatic heterocycles. The summed E-state index contributed by atoms with van der Waals surface area (Å²) in [5.74, 6) is -3.20. The monoisotopic (exact) mass is 417 g/mol. The molecular formula is C20H19NO9. The minimum Gasteiger partial charge on any atom is -0.507 e. The number of ether oxygens (including phenoxy) is 4. The zero-order chi connectivity index (χ0) is 22.3. The molecule has 10 nitrogen and oxygen atoms in total. The number of hydrogen-bond donors (Lipinski definition) is 2. The minimum atomic E-state index is -0.943. The number of phenolic OH excluding ortho intramolecular Hbond substituents is 1. The number of carbonyl (C=O) groups is 4. The van der Waals surface area contributed by atoms with Gasteiger partial charge in [-0.05, 0) is 30.3 Å². The van der Waals surface area contributed by atoms with Crippen LogP contribution in [0, 0.1) is 0 Å². The first-order chi connectivity index (χ1) is 14.3. The van der Waals surface area contributed by atoms with Gasteiger partial charge in [0.25, 0.3) is 5.91 Å². The summed E-state index contributed by atoms with van der Waals surface area (Å²) in [6.45, 7) is -0.715. The lowest BCUT2D eigenvalue weighted by atomic mass is 10.1. The molecule has 0 saturated carbocycles. The van der Waals surface area contributed by atoms with Gasteiger partial charge in [0.2, 0.25) is 0 Å². The first-order valence-electron chi connectivity index (χ1n) is 8.45. The van der Waals surface area contributed by atoms with Crippen molar-refractivity contribution in [2.24, 2.45) is 0 Å². The molecular weight excluding hydrogens is 398 g/mol. The molecule has 0 saturated heterocycles. The van der Waals surface area contributed by atoms with E-state index >= 15 is 0 Å². The van der Waals surface area contributed by atoms with E-state index in [1.807, 2.05) is 0 Å². The molecule has 0 aliphatic rings. The van der Waals surface area contributed by atoms with Crippen LogP contribution in [0.25, 0.3) is 0 Å². The van der Waals surface area contributed by atoms with Crippen molar-refractivity contribution in [3.63, 3.8) is 0 Å². The Labute approximate surface area is 171 Å². The highest BCUT2D eigenvalue weighted by molar-refractivity contribution is 6.04. The van der Waals surface area contributed by atoms with Gasteiger partial charge in [-0.25, -0.2) is 14.4 Å². The van der Waals surface area contributed by atoms with Crippen LogP contribution in [0.2, 0.25) is 0 Å². The Balaban J connectivity index is 2.12. The number of carbonyl (C=O) groups excluding carboxylic acids is 4. The molecule has 0 heterocycles. The van der Waals surface area contributed by atoms with Crippen LogP contribution in [0.5, 0.6) is 11.5 Å². The zero-order valence-corrected chi connectivity index (χ0v) is 16.4. The molecule has 0 spiro atoms. The predicted octanol–water partition coefficient (Wildman–Crippen LogP) is 1.77. The average molecular weight is 417 g/mol. The third-order valence-corrected chi connectivity index (χ3v) is 3.88. The van der Waals surface area contributed by atoms with E-state index in [0.29, 0.717) is 5.75 Å². The Kier molecular flexibility index (Phi) is 7.34. The number of anilines is 1. The molecule has 10 heteroatoms. The van der Waals surface area contributed by atoms with Gasteiger partial charge in [-0.15, -0.1) is 0 Å². The molecule has 2 rings (SSSR count). The zero-order valence-electron chi connectivity index (χ0n) is 16.4. The highest BCUT2D eigenvalue weighted by Crippen LogP contribution is 2.24. The summed E-state index contributed by atoms with van der Waals surface area (Å²) in [4.78, 5) is 47.9. The molecule has 1 amide bonds. The Morgan fingerprint density at radius 2 is 1.53 bits per heavy atom.